The summed E-state index contributed by atoms with van der Waals surface area (Å²) in [7, 11) is 2.12. The summed E-state index contributed by atoms with van der Waals surface area (Å²) in [6.07, 6.45) is 4.93. The Morgan fingerprint density at radius 3 is 2.89 bits per heavy atom. The number of nitrogens with one attached hydrogen (secondary N) is 2. The van der Waals surface area contributed by atoms with Crippen molar-refractivity contribution in [1.29, 1.82) is 0 Å². The second kappa shape index (κ2) is 8.29. The third kappa shape index (κ3) is 4.34. The molecule has 0 bridgehead atoms. The van der Waals surface area contributed by atoms with Gasteiger partial charge in [0.2, 0.25) is 5.91 Å². The molecule has 1 aromatic carbocycles. The van der Waals surface area contributed by atoms with Crippen LogP contribution in [0.15, 0.2) is 48.0 Å². The van der Waals surface area contributed by atoms with Crippen LogP contribution in [0.4, 0.5) is 5.69 Å². The van der Waals surface area contributed by atoms with E-state index in [1.165, 1.54) is 30.6 Å². The molecule has 2 aromatic heterocycles. The summed E-state index contributed by atoms with van der Waals surface area (Å²) in [5.74, 6) is -0.0139. The van der Waals surface area contributed by atoms with Gasteiger partial charge in [0.05, 0.1) is 18.7 Å². The highest BCUT2D eigenvalue weighted by atomic mass is 32.1. The predicted octanol–water partition coefficient (Wildman–Crippen LogP) is 2.89. The van der Waals surface area contributed by atoms with Crippen molar-refractivity contribution in [3.63, 3.8) is 0 Å². The van der Waals surface area contributed by atoms with Crippen LogP contribution < -0.4 is 10.2 Å². The van der Waals surface area contributed by atoms with Crippen LogP contribution in [-0.4, -0.2) is 22.0 Å². The van der Waals surface area contributed by atoms with Crippen molar-refractivity contribution in [2.75, 3.05) is 11.9 Å². The van der Waals surface area contributed by atoms with E-state index in [1.54, 1.807) is 16.2 Å². The Morgan fingerprint density at radius 1 is 1.32 bits per heavy atom. The third-order valence-corrected chi connectivity index (χ3v) is 6.38. The molecule has 1 saturated heterocycles. The molecule has 1 amide bonds. The molecule has 0 saturated carbocycles. The van der Waals surface area contributed by atoms with Gasteiger partial charge in [0.25, 0.3) is 0 Å². The molecule has 4 rings (SSSR count). The van der Waals surface area contributed by atoms with Crippen LogP contribution in [0.25, 0.3) is 0 Å². The highest BCUT2D eigenvalue weighted by molar-refractivity contribution is 7.09. The van der Waals surface area contributed by atoms with E-state index in [0.717, 1.165) is 22.9 Å². The monoisotopic (exact) mass is 395 g/mol. The predicted molar refractivity (Wildman–Crippen MR) is 113 cm³/mol. The molecule has 1 unspecified atom stereocenters. The number of rotatable bonds is 6. The van der Waals surface area contributed by atoms with E-state index < -0.39 is 0 Å². The van der Waals surface area contributed by atoms with Gasteiger partial charge in [-0.25, -0.2) is 4.98 Å². The number of hydrogen-bond donors (Lipinski definition) is 2. The van der Waals surface area contributed by atoms with E-state index in [2.05, 4.69) is 40.6 Å². The summed E-state index contributed by atoms with van der Waals surface area (Å²) >= 11 is 1.59. The van der Waals surface area contributed by atoms with Crippen LogP contribution in [0.2, 0.25) is 0 Å². The van der Waals surface area contributed by atoms with Crippen molar-refractivity contribution in [3.05, 3.63) is 69.9 Å². The average Bonchev–Trinajstić information content (AvgIpc) is 3.39. The molecular formula is C22H27N4OS+. The number of nitrogens with zero attached hydrogens (tertiary/aromatic N) is 2. The molecule has 0 spiro atoms. The Morgan fingerprint density at radius 2 is 2.14 bits per heavy atom. The van der Waals surface area contributed by atoms with Crippen molar-refractivity contribution in [2.45, 2.75) is 38.8 Å². The minimum atomic E-state index is -0.0139. The van der Waals surface area contributed by atoms with Crippen molar-refractivity contribution in [2.24, 2.45) is 7.05 Å². The lowest BCUT2D eigenvalue weighted by Crippen LogP contribution is -3.09. The summed E-state index contributed by atoms with van der Waals surface area (Å²) in [4.78, 5) is 18.6. The molecule has 1 fully saturated rings. The first-order valence-electron chi connectivity index (χ1n) is 9.84. The van der Waals surface area contributed by atoms with Gasteiger partial charge in [-0.3, -0.25) is 4.79 Å². The zero-order valence-electron chi connectivity index (χ0n) is 16.4. The first kappa shape index (κ1) is 18.9. The zero-order chi connectivity index (χ0) is 19.5. The molecule has 0 aliphatic carbocycles. The molecule has 146 valence electrons. The van der Waals surface area contributed by atoms with Crippen LogP contribution >= 0.6 is 11.3 Å². The first-order valence-corrected chi connectivity index (χ1v) is 10.7. The van der Waals surface area contributed by atoms with Gasteiger partial charge >= 0.3 is 0 Å². The lowest BCUT2D eigenvalue weighted by Gasteiger charge is -2.21. The second-order valence-corrected chi connectivity index (χ2v) is 8.59. The topological polar surface area (TPSA) is 51.4 Å². The molecule has 2 N–H and O–H groups in total. The number of thiazole rings is 1. The Hall–Kier alpha value is -2.44. The highest BCUT2D eigenvalue weighted by Crippen LogP contribution is 2.20. The van der Waals surface area contributed by atoms with Gasteiger partial charge in [-0.1, -0.05) is 17.7 Å². The summed E-state index contributed by atoms with van der Waals surface area (Å²) in [6, 6.07) is 12.8. The van der Waals surface area contributed by atoms with Gasteiger partial charge in [0, 0.05) is 37.2 Å². The Bertz CT molecular complexity index is 944. The van der Waals surface area contributed by atoms with Gasteiger partial charge in [0.15, 0.2) is 0 Å². The Balaban J connectivity index is 1.35. The van der Waals surface area contributed by atoms with Crippen molar-refractivity contribution < 1.29 is 9.69 Å². The second-order valence-electron chi connectivity index (χ2n) is 7.65. The number of anilines is 1. The minimum absolute atomic E-state index is 0.0139. The summed E-state index contributed by atoms with van der Waals surface area (Å²) in [5, 5.41) is 5.95. The van der Waals surface area contributed by atoms with Gasteiger partial charge in [-0.15, -0.1) is 11.3 Å². The molecule has 1 aliphatic heterocycles. The first-order chi connectivity index (χ1) is 13.6. The molecule has 6 heteroatoms. The van der Waals surface area contributed by atoms with Crippen molar-refractivity contribution >= 4 is 22.9 Å². The summed E-state index contributed by atoms with van der Waals surface area (Å²) in [5.41, 5.74) is 4.51. The molecule has 5 nitrogen and oxygen atoms in total. The van der Waals surface area contributed by atoms with Gasteiger partial charge in [-0.05, 0) is 31.2 Å². The maximum absolute atomic E-state index is 12.3. The van der Waals surface area contributed by atoms with Crippen LogP contribution in [0.1, 0.15) is 40.8 Å². The largest absolute Gasteiger partial charge is 0.350 e. The average molecular weight is 396 g/mol. The zero-order valence-corrected chi connectivity index (χ0v) is 17.3. The normalized spacial score (nSPS) is 19.1. The fourth-order valence-corrected chi connectivity index (χ4v) is 4.83. The smallest absolute Gasteiger partial charge is 0.231 e. The Kier molecular flexibility index (Phi) is 5.59. The lowest BCUT2D eigenvalue weighted by atomic mass is 10.1. The maximum atomic E-state index is 12.3. The standard InChI is InChI=1S/C22H26N4OS/c1-16-7-9-17(10-8-16)23-21(27)13-22-24-18(15-28-22)14-26-12-4-6-20(26)19-5-3-11-25(19)2/h3,5,7-11,15,20H,4,6,12-14H2,1-2H3,(H,23,27)/p+1/t20-/m1/s1. The number of carbonyl (C=O) groups excluding carboxylic acids is 1. The molecule has 0 radical (unpaired) electrons. The number of amides is 1. The SMILES string of the molecule is Cc1ccc(NC(=O)Cc2nc(C[NH+]3CCC[C@@H]3c3cccn3C)cs2)cc1. The molecule has 3 aromatic rings. The van der Waals surface area contributed by atoms with Crippen molar-refractivity contribution in [1.82, 2.24) is 9.55 Å². The minimum Gasteiger partial charge on any atom is -0.350 e. The summed E-state index contributed by atoms with van der Waals surface area (Å²) in [6.45, 7) is 4.13. The van der Waals surface area contributed by atoms with Crippen LogP contribution in [0, 0.1) is 6.92 Å². The molecule has 28 heavy (non-hydrogen) atoms. The number of likely N-dealkylation sites (tertiary alicyclic amines) is 1. The van der Waals surface area contributed by atoms with E-state index in [9.17, 15) is 4.79 Å². The molecule has 3 heterocycles. The fourth-order valence-electron chi connectivity index (χ4n) is 4.04. The van der Waals surface area contributed by atoms with Crippen LogP contribution in [0.3, 0.4) is 0 Å². The summed E-state index contributed by atoms with van der Waals surface area (Å²) < 4.78 is 2.23. The van der Waals surface area contributed by atoms with E-state index >= 15 is 0 Å². The number of aryl methyl sites for hydroxylation is 2. The van der Waals surface area contributed by atoms with Gasteiger partial charge in [-0.2, -0.15) is 0 Å². The maximum Gasteiger partial charge on any atom is 0.231 e. The molecular weight excluding hydrogens is 368 g/mol. The van der Waals surface area contributed by atoms with Gasteiger partial charge < -0.3 is 14.8 Å². The quantitative estimate of drug-likeness (QED) is 0.674. The molecule has 2 atom stereocenters. The number of hydrogen-bond acceptors (Lipinski definition) is 3. The number of aromatic nitrogens is 2. The Labute approximate surface area is 170 Å². The number of benzene rings is 1. The van der Waals surface area contributed by atoms with E-state index in [4.69, 9.17) is 4.98 Å². The fraction of sp³-hybridized carbons (Fsp3) is 0.364. The van der Waals surface area contributed by atoms with E-state index in [-0.39, 0.29) is 5.91 Å². The van der Waals surface area contributed by atoms with Gasteiger partial charge in [0.1, 0.15) is 23.3 Å². The number of carbonyl (C=O) groups is 1. The third-order valence-electron chi connectivity index (χ3n) is 5.48. The van der Waals surface area contributed by atoms with Crippen LogP contribution in [0.5, 0.6) is 0 Å². The highest BCUT2D eigenvalue weighted by Gasteiger charge is 2.32. The van der Waals surface area contributed by atoms with E-state index in [1.807, 2.05) is 31.2 Å². The van der Waals surface area contributed by atoms with Crippen molar-refractivity contribution in [3.8, 4) is 0 Å². The van der Waals surface area contributed by atoms with E-state index in [0.29, 0.717) is 12.5 Å². The number of quaternary nitrogens is 1. The lowest BCUT2D eigenvalue weighted by molar-refractivity contribution is -0.932. The van der Waals surface area contributed by atoms with Crippen LogP contribution in [-0.2, 0) is 24.8 Å². The molecule has 1 aliphatic rings.